The second kappa shape index (κ2) is 4.65. The molecule has 2 amide bonds. The van der Waals surface area contributed by atoms with Crippen molar-refractivity contribution >= 4 is 17.5 Å². The summed E-state index contributed by atoms with van der Waals surface area (Å²) in [5.74, 6) is -0.230. The zero-order valence-corrected chi connectivity index (χ0v) is 9.13. The summed E-state index contributed by atoms with van der Waals surface area (Å²) in [5.41, 5.74) is 0.453. The Hall–Kier alpha value is -2.36. The number of nitrogens with zero attached hydrogens (tertiary/aromatic N) is 1. The molecule has 0 atom stereocenters. The number of carbonyl (C=O) groups excluding carboxylic acids is 2. The number of para-hydroxylation sites is 2. The summed E-state index contributed by atoms with van der Waals surface area (Å²) in [4.78, 5) is 24.2. The highest BCUT2D eigenvalue weighted by molar-refractivity contribution is 6.28. The Balaban J connectivity index is 2.34. The minimum atomic E-state index is -0.357. The van der Waals surface area contributed by atoms with E-state index in [0.29, 0.717) is 18.0 Å². The number of hydrogen-bond donors (Lipinski definition) is 0. The zero-order valence-electron chi connectivity index (χ0n) is 9.13. The summed E-state index contributed by atoms with van der Waals surface area (Å²) < 4.78 is 5.40. The molecular weight excluding hydrogens is 218 g/mol. The lowest BCUT2D eigenvalue weighted by molar-refractivity contribution is -0.120. The van der Waals surface area contributed by atoms with Crippen molar-refractivity contribution in [3.63, 3.8) is 0 Å². The summed E-state index contributed by atoms with van der Waals surface area (Å²) in [6.45, 7) is 3.87. The lowest BCUT2D eigenvalue weighted by Gasteiger charge is -2.17. The van der Waals surface area contributed by atoms with Crippen LogP contribution in [0.15, 0.2) is 49.1 Å². The molecule has 4 nitrogen and oxygen atoms in total. The van der Waals surface area contributed by atoms with Gasteiger partial charge in [-0.05, 0) is 12.1 Å². The van der Waals surface area contributed by atoms with Crippen molar-refractivity contribution in [2.45, 2.75) is 0 Å². The Kier molecular flexibility index (Phi) is 3.05. The van der Waals surface area contributed by atoms with E-state index in [1.165, 1.54) is 12.2 Å². The lowest BCUT2D eigenvalue weighted by atomic mass is 10.2. The molecule has 1 heterocycles. The van der Waals surface area contributed by atoms with E-state index < -0.39 is 0 Å². The van der Waals surface area contributed by atoms with Crippen molar-refractivity contribution in [2.75, 3.05) is 11.5 Å². The number of rotatable bonds is 4. The normalized spacial score (nSPS) is 14.2. The molecule has 1 aromatic carbocycles. The highest BCUT2D eigenvalue weighted by atomic mass is 16.5. The van der Waals surface area contributed by atoms with Crippen molar-refractivity contribution in [1.29, 1.82) is 0 Å². The summed E-state index contributed by atoms with van der Waals surface area (Å²) in [6, 6.07) is 6.90. The van der Waals surface area contributed by atoms with E-state index >= 15 is 0 Å². The predicted molar refractivity (Wildman–Crippen MR) is 63.8 cm³/mol. The number of benzene rings is 1. The third-order valence-electron chi connectivity index (χ3n) is 2.27. The molecule has 1 aliphatic heterocycles. The van der Waals surface area contributed by atoms with Crippen LogP contribution in [0.1, 0.15) is 0 Å². The first kappa shape index (κ1) is 11.1. The Morgan fingerprint density at radius 2 is 1.82 bits per heavy atom. The molecule has 0 aliphatic carbocycles. The number of hydrogen-bond acceptors (Lipinski definition) is 3. The van der Waals surface area contributed by atoms with Gasteiger partial charge in [0, 0.05) is 12.2 Å². The van der Waals surface area contributed by atoms with Gasteiger partial charge in [0.25, 0.3) is 11.8 Å². The molecule has 0 saturated heterocycles. The molecule has 86 valence electrons. The van der Waals surface area contributed by atoms with Crippen LogP contribution < -0.4 is 9.64 Å². The fourth-order valence-corrected chi connectivity index (χ4v) is 1.55. The summed E-state index contributed by atoms with van der Waals surface area (Å²) in [6.07, 6.45) is 4.09. The lowest BCUT2D eigenvalue weighted by Crippen LogP contribution is -2.29. The average molecular weight is 229 g/mol. The Morgan fingerprint density at radius 3 is 2.47 bits per heavy atom. The predicted octanol–water partition coefficient (Wildman–Crippen LogP) is 1.68. The minimum Gasteiger partial charge on any atom is -0.487 e. The maximum atomic E-state index is 11.6. The molecule has 0 spiro atoms. The molecule has 0 N–H and O–H groups in total. The van der Waals surface area contributed by atoms with Crippen LogP contribution in [0.3, 0.4) is 0 Å². The molecule has 0 saturated carbocycles. The maximum Gasteiger partial charge on any atom is 0.258 e. The number of amides is 2. The summed E-state index contributed by atoms with van der Waals surface area (Å²) >= 11 is 0. The smallest absolute Gasteiger partial charge is 0.258 e. The van der Waals surface area contributed by atoms with E-state index in [0.717, 1.165) is 4.90 Å². The molecule has 0 fully saturated rings. The van der Waals surface area contributed by atoms with Gasteiger partial charge in [-0.1, -0.05) is 24.8 Å². The van der Waals surface area contributed by atoms with E-state index in [1.54, 1.807) is 30.3 Å². The first-order chi connectivity index (χ1) is 8.24. The van der Waals surface area contributed by atoms with Gasteiger partial charge in [0.15, 0.2) is 0 Å². The third-order valence-corrected chi connectivity index (χ3v) is 2.27. The molecule has 1 aliphatic rings. The topological polar surface area (TPSA) is 46.6 Å². The molecule has 0 bridgehead atoms. The number of imide groups is 1. The quantitative estimate of drug-likeness (QED) is 0.583. The molecule has 4 heteroatoms. The second-order valence-electron chi connectivity index (χ2n) is 3.41. The fraction of sp³-hybridized carbons (Fsp3) is 0.0769. The van der Waals surface area contributed by atoms with Crippen LogP contribution in [0.5, 0.6) is 5.75 Å². The molecule has 0 unspecified atom stereocenters. The van der Waals surface area contributed by atoms with Crippen LogP contribution >= 0.6 is 0 Å². The highest BCUT2D eigenvalue weighted by Crippen LogP contribution is 2.30. The van der Waals surface area contributed by atoms with Gasteiger partial charge in [-0.15, -0.1) is 0 Å². The molecular formula is C13H11NO3. The molecule has 0 aromatic heterocycles. The van der Waals surface area contributed by atoms with Gasteiger partial charge >= 0.3 is 0 Å². The van der Waals surface area contributed by atoms with Crippen molar-refractivity contribution in [3.05, 3.63) is 49.1 Å². The summed E-state index contributed by atoms with van der Waals surface area (Å²) in [5, 5.41) is 0. The van der Waals surface area contributed by atoms with Gasteiger partial charge in [-0.2, -0.15) is 0 Å². The van der Waals surface area contributed by atoms with Crippen molar-refractivity contribution in [1.82, 2.24) is 0 Å². The fourth-order valence-electron chi connectivity index (χ4n) is 1.55. The third kappa shape index (κ3) is 2.10. The first-order valence-electron chi connectivity index (χ1n) is 5.13. The van der Waals surface area contributed by atoms with Crippen LogP contribution in [-0.2, 0) is 9.59 Å². The largest absolute Gasteiger partial charge is 0.487 e. The van der Waals surface area contributed by atoms with E-state index in [1.807, 2.05) is 0 Å². The average Bonchev–Trinajstić information content (AvgIpc) is 2.67. The van der Waals surface area contributed by atoms with Crippen molar-refractivity contribution in [2.24, 2.45) is 0 Å². The Labute approximate surface area is 98.8 Å². The van der Waals surface area contributed by atoms with Crippen LogP contribution in [0.2, 0.25) is 0 Å². The zero-order chi connectivity index (χ0) is 12.3. The van der Waals surface area contributed by atoms with Crippen LogP contribution in [-0.4, -0.2) is 18.4 Å². The van der Waals surface area contributed by atoms with Crippen molar-refractivity contribution < 1.29 is 14.3 Å². The van der Waals surface area contributed by atoms with Gasteiger partial charge in [-0.25, -0.2) is 4.90 Å². The van der Waals surface area contributed by atoms with E-state index in [2.05, 4.69) is 6.58 Å². The first-order valence-corrected chi connectivity index (χ1v) is 5.13. The Morgan fingerprint density at radius 1 is 1.18 bits per heavy atom. The maximum absolute atomic E-state index is 11.6. The van der Waals surface area contributed by atoms with E-state index in [4.69, 9.17) is 4.74 Å². The molecule has 2 rings (SSSR count). The number of carbonyl (C=O) groups is 2. The second-order valence-corrected chi connectivity index (χ2v) is 3.41. The van der Waals surface area contributed by atoms with E-state index in [-0.39, 0.29) is 11.8 Å². The molecule has 17 heavy (non-hydrogen) atoms. The standard InChI is InChI=1S/C13H11NO3/c1-2-9-17-11-6-4-3-5-10(11)14-12(15)7-8-13(14)16/h2-8H,1,9H2. The number of ether oxygens (including phenoxy) is 1. The van der Waals surface area contributed by atoms with Gasteiger partial charge in [0.05, 0.1) is 5.69 Å². The summed E-state index contributed by atoms with van der Waals surface area (Å²) in [7, 11) is 0. The number of anilines is 1. The molecule has 0 radical (unpaired) electrons. The van der Waals surface area contributed by atoms with Crippen LogP contribution in [0.25, 0.3) is 0 Å². The Bertz CT molecular complexity index is 487. The molecule has 1 aromatic rings. The van der Waals surface area contributed by atoms with Gasteiger partial charge in [0.2, 0.25) is 0 Å². The minimum absolute atomic E-state index is 0.320. The van der Waals surface area contributed by atoms with Crippen molar-refractivity contribution in [3.8, 4) is 5.75 Å². The van der Waals surface area contributed by atoms with Crippen LogP contribution in [0.4, 0.5) is 5.69 Å². The van der Waals surface area contributed by atoms with Crippen LogP contribution in [0, 0.1) is 0 Å². The van der Waals surface area contributed by atoms with E-state index in [9.17, 15) is 9.59 Å². The van der Waals surface area contributed by atoms with Gasteiger partial charge in [-0.3, -0.25) is 9.59 Å². The highest BCUT2D eigenvalue weighted by Gasteiger charge is 2.27. The van der Waals surface area contributed by atoms with Gasteiger partial charge in [0.1, 0.15) is 12.4 Å². The van der Waals surface area contributed by atoms with Gasteiger partial charge < -0.3 is 4.74 Å². The monoisotopic (exact) mass is 229 g/mol. The SMILES string of the molecule is C=CCOc1ccccc1N1C(=O)C=CC1=O.